The van der Waals surface area contributed by atoms with Gasteiger partial charge in [0.05, 0.1) is 5.75 Å². The van der Waals surface area contributed by atoms with E-state index in [1.165, 1.54) is 0 Å². The van der Waals surface area contributed by atoms with Gasteiger partial charge >= 0.3 is 0 Å². The van der Waals surface area contributed by atoms with Crippen LogP contribution in [0, 0.1) is 6.92 Å². The molecular weight excluding hydrogens is 266 g/mol. The van der Waals surface area contributed by atoms with Gasteiger partial charge in [-0.15, -0.1) is 0 Å². The summed E-state index contributed by atoms with van der Waals surface area (Å²) in [5, 5.41) is 3.96. The Morgan fingerprint density at radius 1 is 1.32 bits per heavy atom. The lowest BCUT2D eigenvalue weighted by Crippen LogP contribution is -2.49. The molecule has 0 aliphatic carbocycles. The third-order valence-electron chi connectivity index (χ3n) is 3.33. The van der Waals surface area contributed by atoms with E-state index in [2.05, 4.69) is 10.1 Å². The average Bonchev–Trinajstić information content (AvgIpc) is 2.83. The molecule has 1 fully saturated rings. The van der Waals surface area contributed by atoms with E-state index in [1.807, 2.05) is 19.9 Å². The summed E-state index contributed by atoms with van der Waals surface area (Å²) in [5.74, 6) is 1.82. The number of piperazine rings is 1. The molecule has 0 aromatic carbocycles. The van der Waals surface area contributed by atoms with Crippen LogP contribution in [0.15, 0.2) is 10.6 Å². The minimum absolute atomic E-state index is 0.257. The summed E-state index contributed by atoms with van der Waals surface area (Å²) in [7, 11) is -3.08. The fourth-order valence-corrected chi connectivity index (χ4v) is 3.78. The Hall–Kier alpha value is -1.08. The van der Waals surface area contributed by atoms with Gasteiger partial charge in [-0.25, -0.2) is 8.42 Å². The molecule has 0 amide bonds. The Morgan fingerprint density at radius 2 is 2.00 bits per heavy atom. The second-order valence-corrected chi connectivity index (χ2v) is 6.94. The Labute approximate surface area is 114 Å². The smallest absolute Gasteiger partial charge is 0.214 e. The zero-order valence-corrected chi connectivity index (χ0v) is 12.3. The molecule has 1 aliphatic rings. The summed E-state index contributed by atoms with van der Waals surface area (Å²) >= 11 is 0. The minimum Gasteiger partial charge on any atom is -0.360 e. The first-order valence-corrected chi connectivity index (χ1v) is 8.30. The highest BCUT2D eigenvalue weighted by Gasteiger charge is 2.27. The second kappa shape index (κ2) is 5.92. The molecule has 1 aromatic heterocycles. The molecule has 6 nitrogen and oxygen atoms in total. The number of hydrogen-bond acceptors (Lipinski definition) is 5. The molecule has 0 bridgehead atoms. The van der Waals surface area contributed by atoms with Crippen LogP contribution in [0.5, 0.6) is 0 Å². The SMILES string of the molecule is CCCCS(=O)(=O)N1CCN(c2cc(C)on2)CC1. The second-order valence-electron chi connectivity index (χ2n) is 4.85. The Bertz CT molecular complexity index is 504. The van der Waals surface area contributed by atoms with Gasteiger partial charge in [-0.1, -0.05) is 18.5 Å². The van der Waals surface area contributed by atoms with Gasteiger partial charge in [-0.2, -0.15) is 4.31 Å². The minimum atomic E-state index is -3.08. The van der Waals surface area contributed by atoms with Crippen LogP contribution in [0.3, 0.4) is 0 Å². The van der Waals surface area contributed by atoms with Crippen LogP contribution in [0.25, 0.3) is 0 Å². The fourth-order valence-electron chi connectivity index (χ4n) is 2.15. The van der Waals surface area contributed by atoms with E-state index in [0.29, 0.717) is 26.2 Å². The molecule has 0 unspecified atom stereocenters. The lowest BCUT2D eigenvalue weighted by molar-refractivity contribution is 0.371. The maximum Gasteiger partial charge on any atom is 0.214 e. The van der Waals surface area contributed by atoms with Gasteiger partial charge < -0.3 is 9.42 Å². The number of nitrogens with zero attached hydrogens (tertiary/aromatic N) is 3. The maximum atomic E-state index is 12.1. The molecule has 0 N–H and O–H groups in total. The molecule has 2 heterocycles. The van der Waals surface area contributed by atoms with Crippen LogP contribution in [0.4, 0.5) is 5.82 Å². The van der Waals surface area contributed by atoms with Crippen molar-refractivity contribution in [2.24, 2.45) is 0 Å². The van der Waals surface area contributed by atoms with Crippen molar-refractivity contribution >= 4 is 15.8 Å². The zero-order chi connectivity index (χ0) is 13.9. The first-order chi connectivity index (χ1) is 9.03. The fraction of sp³-hybridized carbons (Fsp3) is 0.750. The molecular formula is C12H21N3O3S. The number of hydrogen-bond donors (Lipinski definition) is 0. The number of aryl methyl sites for hydroxylation is 1. The number of anilines is 1. The van der Waals surface area contributed by atoms with Gasteiger partial charge in [0, 0.05) is 32.2 Å². The molecule has 19 heavy (non-hydrogen) atoms. The molecule has 1 aliphatic heterocycles. The largest absolute Gasteiger partial charge is 0.360 e. The molecule has 7 heteroatoms. The highest BCUT2D eigenvalue weighted by atomic mass is 32.2. The van der Waals surface area contributed by atoms with Crippen molar-refractivity contribution in [3.05, 3.63) is 11.8 Å². The van der Waals surface area contributed by atoms with Crippen LogP contribution in [0.1, 0.15) is 25.5 Å². The predicted molar refractivity (Wildman–Crippen MR) is 73.7 cm³/mol. The number of aromatic nitrogens is 1. The molecule has 0 saturated carbocycles. The van der Waals surface area contributed by atoms with Crippen molar-refractivity contribution in [2.75, 3.05) is 36.8 Å². The lowest BCUT2D eigenvalue weighted by Gasteiger charge is -2.33. The highest BCUT2D eigenvalue weighted by Crippen LogP contribution is 2.17. The van der Waals surface area contributed by atoms with Crippen molar-refractivity contribution in [3.63, 3.8) is 0 Å². The predicted octanol–water partition coefficient (Wildman–Crippen LogP) is 1.23. The van der Waals surface area contributed by atoms with E-state index in [0.717, 1.165) is 24.4 Å². The molecule has 2 rings (SSSR count). The van der Waals surface area contributed by atoms with Gasteiger partial charge in [0.2, 0.25) is 10.0 Å². The first-order valence-electron chi connectivity index (χ1n) is 6.69. The van der Waals surface area contributed by atoms with Crippen molar-refractivity contribution in [1.82, 2.24) is 9.46 Å². The van der Waals surface area contributed by atoms with Crippen LogP contribution < -0.4 is 4.90 Å². The van der Waals surface area contributed by atoms with Crippen LogP contribution in [-0.2, 0) is 10.0 Å². The van der Waals surface area contributed by atoms with Crippen molar-refractivity contribution < 1.29 is 12.9 Å². The average molecular weight is 287 g/mol. The van der Waals surface area contributed by atoms with Crippen molar-refractivity contribution in [2.45, 2.75) is 26.7 Å². The standard InChI is InChI=1S/C12H21N3O3S/c1-3-4-9-19(16,17)15-7-5-14(6-8-15)12-10-11(2)18-13-12/h10H,3-9H2,1-2H3. The van der Waals surface area contributed by atoms with E-state index in [9.17, 15) is 8.42 Å². The summed E-state index contributed by atoms with van der Waals surface area (Å²) in [6.07, 6.45) is 1.63. The van der Waals surface area contributed by atoms with Crippen LogP contribution in [0.2, 0.25) is 0 Å². The molecule has 0 atom stereocenters. The first kappa shape index (κ1) is 14.3. The summed E-state index contributed by atoms with van der Waals surface area (Å²) in [4.78, 5) is 2.06. The number of rotatable bonds is 5. The maximum absolute atomic E-state index is 12.1. The monoisotopic (exact) mass is 287 g/mol. The summed E-state index contributed by atoms with van der Waals surface area (Å²) in [6, 6.07) is 1.88. The van der Waals surface area contributed by atoms with E-state index in [1.54, 1.807) is 4.31 Å². The van der Waals surface area contributed by atoms with Crippen molar-refractivity contribution in [3.8, 4) is 0 Å². The highest BCUT2D eigenvalue weighted by molar-refractivity contribution is 7.89. The number of sulfonamides is 1. The Kier molecular flexibility index (Phi) is 4.46. The Morgan fingerprint density at radius 3 is 2.53 bits per heavy atom. The molecule has 108 valence electrons. The summed E-state index contributed by atoms with van der Waals surface area (Å²) in [6.45, 7) is 6.23. The van der Waals surface area contributed by atoms with Crippen molar-refractivity contribution in [1.29, 1.82) is 0 Å². The normalized spacial score (nSPS) is 17.9. The van der Waals surface area contributed by atoms with E-state index in [-0.39, 0.29) is 5.75 Å². The molecule has 1 aromatic rings. The topological polar surface area (TPSA) is 66.7 Å². The van der Waals surface area contributed by atoms with E-state index >= 15 is 0 Å². The van der Waals surface area contributed by atoms with Gasteiger partial charge in [0.25, 0.3) is 0 Å². The molecule has 1 saturated heterocycles. The van der Waals surface area contributed by atoms with E-state index in [4.69, 9.17) is 4.52 Å². The Balaban J connectivity index is 1.92. The zero-order valence-electron chi connectivity index (χ0n) is 11.5. The third kappa shape index (κ3) is 3.48. The number of unbranched alkanes of at least 4 members (excludes halogenated alkanes) is 1. The summed E-state index contributed by atoms with van der Waals surface area (Å²) in [5.41, 5.74) is 0. The summed E-state index contributed by atoms with van der Waals surface area (Å²) < 4.78 is 30.8. The third-order valence-corrected chi connectivity index (χ3v) is 5.28. The molecule has 0 spiro atoms. The van der Waals surface area contributed by atoms with Gasteiger partial charge in [0.15, 0.2) is 5.82 Å². The molecule has 0 radical (unpaired) electrons. The quantitative estimate of drug-likeness (QED) is 0.815. The van der Waals surface area contributed by atoms with Crippen LogP contribution in [-0.4, -0.2) is 49.8 Å². The van der Waals surface area contributed by atoms with Gasteiger partial charge in [-0.3, -0.25) is 0 Å². The van der Waals surface area contributed by atoms with Crippen LogP contribution >= 0.6 is 0 Å². The van der Waals surface area contributed by atoms with E-state index < -0.39 is 10.0 Å². The lowest BCUT2D eigenvalue weighted by atomic mass is 10.3. The van der Waals surface area contributed by atoms with Gasteiger partial charge in [0.1, 0.15) is 5.76 Å². The van der Waals surface area contributed by atoms with Gasteiger partial charge in [-0.05, 0) is 13.3 Å².